The zero-order valence-corrected chi connectivity index (χ0v) is 12.5. The Hall–Kier alpha value is -0.780. The minimum Gasteiger partial charge on any atom is -0.397 e. The molecule has 0 bridgehead atoms. The molecule has 0 radical (unpaired) electrons. The minimum absolute atomic E-state index is 0.277. The van der Waals surface area contributed by atoms with E-state index < -0.39 is 0 Å². The molecule has 1 unspecified atom stereocenters. The topological polar surface area (TPSA) is 51.4 Å². The lowest BCUT2D eigenvalue weighted by molar-refractivity contribution is -0.0191. The van der Waals surface area contributed by atoms with Gasteiger partial charge in [0.15, 0.2) is 0 Å². The molecular weight excluding hydrogens is 258 g/mol. The van der Waals surface area contributed by atoms with Crippen LogP contribution in [0.15, 0.2) is 23.4 Å². The third-order valence-corrected chi connectivity index (χ3v) is 4.21. The van der Waals surface area contributed by atoms with Crippen molar-refractivity contribution in [2.75, 3.05) is 37.7 Å². The second kappa shape index (κ2) is 7.12. The number of aromatic nitrogens is 1. The summed E-state index contributed by atoms with van der Waals surface area (Å²) in [6.07, 6.45) is 2.06. The molecule has 1 atom stereocenters. The molecule has 0 spiro atoms. The number of morpholine rings is 1. The lowest BCUT2D eigenvalue weighted by Gasteiger charge is -2.33. The first-order chi connectivity index (χ1) is 9.15. The van der Waals surface area contributed by atoms with Crippen LogP contribution in [0.1, 0.15) is 13.8 Å². The third kappa shape index (κ3) is 4.67. The van der Waals surface area contributed by atoms with Gasteiger partial charge in [0, 0.05) is 31.6 Å². The van der Waals surface area contributed by atoms with E-state index in [0.29, 0.717) is 5.92 Å². The molecule has 1 saturated heterocycles. The number of ether oxygens (including phenoxy) is 1. The number of hydrogen-bond acceptors (Lipinski definition) is 5. The van der Waals surface area contributed by atoms with Crippen LogP contribution in [0.2, 0.25) is 0 Å². The predicted octanol–water partition coefficient (Wildman–Crippen LogP) is 2.11. The normalized spacial score (nSPS) is 20.9. The van der Waals surface area contributed by atoms with Gasteiger partial charge in [0.25, 0.3) is 0 Å². The second-order valence-corrected chi connectivity index (χ2v) is 6.36. The lowest BCUT2D eigenvalue weighted by atomic mass is 10.2. The molecule has 1 aromatic heterocycles. The fourth-order valence-corrected chi connectivity index (χ4v) is 3.17. The fraction of sp³-hybridized carbons (Fsp3) is 0.643. The third-order valence-electron chi connectivity index (χ3n) is 3.05. The molecular formula is C14H23N3OS. The van der Waals surface area contributed by atoms with Gasteiger partial charge in [-0.1, -0.05) is 13.8 Å². The van der Waals surface area contributed by atoms with Crippen molar-refractivity contribution in [3.05, 3.63) is 18.3 Å². The summed E-state index contributed by atoms with van der Waals surface area (Å²) in [6.45, 7) is 8.55. The van der Waals surface area contributed by atoms with Gasteiger partial charge >= 0.3 is 0 Å². The number of hydrogen-bond donors (Lipinski definition) is 1. The van der Waals surface area contributed by atoms with Crippen molar-refractivity contribution in [3.8, 4) is 0 Å². The Morgan fingerprint density at radius 2 is 2.42 bits per heavy atom. The van der Waals surface area contributed by atoms with Crippen LogP contribution in [0.25, 0.3) is 0 Å². The minimum atomic E-state index is 0.277. The molecule has 1 aromatic rings. The van der Waals surface area contributed by atoms with E-state index in [9.17, 15) is 0 Å². The van der Waals surface area contributed by atoms with Gasteiger partial charge in [0.1, 0.15) is 5.03 Å². The first-order valence-electron chi connectivity index (χ1n) is 6.82. The number of rotatable bonds is 5. The van der Waals surface area contributed by atoms with E-state index in [-0.39, 0.29) is 6.10 Å². The van der Waals surface area contributed by atoms with Gasteiger partial charge in [0.05, 0.1) is 18.4 Å². The number of thioether (sulfide) groups is 1. The Morgan fingerprint density at radius 3 is 3.16 bits per heavy atom. The maximum atomic E-state index is 5.89. The summed E-state index contributed by atoms with van der Waals surface area (Å²) in [5.41, 5.74) is 6.65. The van der Waals surface area contributed by atoms with E-state index in [1.807, 2.05) is 12.1 Å². The molecule has 0 aromatic carbocycles. The largest absolute Gasteiger partial charge is 0.397 e. The van der Waals surface area contributed by atoms with Gasteiger partial charge in [-0.15, -0.1) is 11.8 Å². The molecule has 1 aliphatic heterocycles. The number of nitrogens with two attached hydrogens (primary N) is 1. The Labute approximate surface area is 119 Å². The highest BCUT2D eigenvalue weighted by atomic mass is 32.2. The van der Waals surface area contributed by atoms with Crippen molar-refractivity contribution in [1.29, 1.82) is 0 Å². The quantitative estimate of drug-likeness (QED) is 0.838. The molecule has 0 amide bonds. The summed E-state index contributed by atoms with van der Waals surface area (Å²) in [5.74, 6) is 1.62. The molecule has 0 saturated carbocycles. The summed E-state index contributed by atoms with van der Waals surface area (Å²) in [5, 5.41) is 0.909. The lowest BCUT2D eigenvalue weighted by Crippen LogP contribution is -2.44. The molecule has 5 heteroatoms. The van der Waals surface area contributed by atoms with Crippen molar-refractivity contribution in [2.45, 2.75) is 25.0 Å². The van der Waals surface area contributed by atoms with Gasteiger partial charge in [-0.2, -0.15) is 0 Å². The predicted molar refractivity (Wildman–Crippen MR) is 80.4 cm³/mol. The fourth-order valence-electron chi connectivity index (χ4n) is 2.26. The van der Waals surface area contributed by atoms with E-state index in [2.05, 4.69) is 23.7 Å². The summed E-state index contributed by atoms with van der Waals surface area (Å²) < 4.78 is 5.82. The van der Waals surface area contributed by atoms with Crippen LogP contribution >= 0.6 is 11.8 Å². The van der Waals surface area contributed by atoms with Gasteiger partial charge in [-0.3, -0.25) is 4.90 Å². The SMILES string of the molecule is CC(C)CN1CCOC(CSc2ncccc2N)C1. The molecule has 2 heterocycles. The number of nitrogen functional groups attached to an aromatic ring is 1. The van der Waals surface area contributed by atoms with Gasteiger partial charge in [-0.05, 0) is 18.1 Å². The van der Waals surface area contributed by atoms with Crippen LogP contribution in [0.5, 0.6) is 0 Å². The molecule has 4 nitrogen and oxygen atoms in total. The number of nitrogens with zero attached hydrogens (tertiary/aromatic N) is 2. The van der Waals surface area contributed by atoms with Crippen LogP contribution in [-0.2, 0) is 4.74 Å². The Morgan fingerprint density at radius 1 is 1.58 bits per heavy atom. The van der Waals surface area contributed by atoms with E-state index in [4.69, 9.17) is 10.5 Å². The van der Waals surface area contributed by atoms with Crippen molar-refractivity contribution in [1.82, 2.24) is 9.88 Å². The Bertz CT molecular complexity index is 400. The second-order valence-electron chi connectivity index (χ2n) is 5.36. The van der Waals surface area contributed by atoms with Crippen molar-refractivity contribution < 1.29 is 4.74 Å². The van der Waals surface area contributed by atoms with Gasteiger partial charge < -0.3 is 10.5 Å². The molecule has 106 valence electrons. The molecule has 1 fully saturated rings. The molecule has 2 N–H and O–H groups in total. The standard InChI is InChI=1S/C14H23N3OS/c1-11(2)8-17-6-7-18-12(9-17)10-19-14-13(15)4-3-5-16-14/h3-5,11-12H,6-10,15H2,1-2H3. The summed E-state index contributed by atoms with van der Waals surface area (Å²) in [4.78, 5) is 6.79. The van der Waals surface area contributed by atoms with Crippen molar-refractivity contribution in [3.63, 3.8) is 0 Å². The maximum Gasteiger partial charge on any atom is 0.119 e. The first-order valence-corrected chi connectivity index (χ1v) is 7.81. The smallest absolute Gasteiger partial charge is 0.119 e. The first kappa shape index (κ1) is 14.6. The summed E-state index contributed by atoms with van der Waals surface area (Å²) >= 11 is 1.69. The average Bonchev–Trinajstić information content (AvgIpc) is 2.37. The zero-order valence-electron chi connectivity index (χ0n) is 11.7. The van der Waals surface area contributed by atoms with Crippen LogP contribution < -0.4 is 5.73 Å². The Kier molecular flexibility index (Phi) is 5.48. The van der Waals surface area contributed by atoms with Crippen molar-refractivity contribution in [2.24, 2.45) is 5.92 Å². The van der Waals surface area contributed by atoms with E-state index in [0.717, 1.165) is 42.7 Å². The maximum absolute atomic E-state index is 5.89. The highest BCUT2D eigenvalue weighted by Gasteiger charge is 2.21. The zero-order chi connectivity index (χ0) is 13.7. The summed E-state index contributed by atoms with van der Waals surface area (Å²) in [7, 11) is 0. The van der Waals surface area contributed by atoms with E-state index in [1.54, 1.807) is 18.0 Å². The van der Waals surface area contributed by atoms with Gasteiger partial charge in [0.2, 0.25) is 0 Å². The monoisotopic (exact) mass is 281 g/mol. The average molecular weight is 281 g/mol. The molecule has 0 aliphatic carbocycles. The van der Waals surface area contributed by atoms with Crippen LogP contribution in [-0.4, -0.2) is 48.0 Å². The van der Waals surface area contributed by atoms with Crippen LogP contribution in [0.3, 0.4) is 0 Å². The van der Waals surface area contributed by atoms with Crippen molar-refractivity contribution >= 4 is 17.4 Å². The van der Waals surface area contributed by atoms with Crippen LogP contribution in [0, 0.1) is 5.92 Å². The number of pyridine rings is 1. The number of anilines is 1. The van der Waals surface area contributed by atoms with E-state index in [1.165, 1.54) is 0 Å². The highest BCUT2D eigenvalue weighted by molar-refractivity contribution is 7.99. The summed E-state index contributed by atoms with van der Waals surface area (Å²) in [6, 6.07) is 3.75. The van der Waals surface area contributed by atoms with E-state index >= 15 is 0 Å². The Balaban J connectivity index is 1.81. The highest BCUT2D eigenvalue weighted by Crippen LogP contribution is 2.24. The van der Waals surface area contributed by atoms with Gasteiger partial charge in [-0.25, -0.2) is 4.98 Å². The molecule has 1 aliphatic rings. The van der Waals surface area contributed by atoms with Crippen LogP contribution in [0.4, 0.5) is 5.69 Å². The molecule has 19 heavy (non-hydrogen) atoms. The molecule has 2 rings (SSSR count).